The SMILES string of the molecule is CCOC(OCC)[SiH2]N. The highest BCUT2D eigenvalue weighted by molar-refractivity contribution is 6.32. The van der Waals surface area contributed by atoms with Crippen molar-refractivity contribution in [1.82, 2.24) is 0 Å². The van der Waals surface area contributed by atoms with Crippen LogP contribution in [0, 0.1) is 0 Å². The number of hydrogen-bond acceptors (Lipinski definition) is 3. The Balaban J connectivity index is 3.18. The van der Waals surface area contributed by atoms with E-state index in [4.69, 9.17) is 14.9 Å². The lowest BCUT2D eigenvalue weighted by Crippen LogP contribution is -2.30. The minimum absolute atomic E-state index is 0.0694. The van der Waals surface area contributed by atoms with Gasteiger partial charge in [0.25, 0.3) is 0 Å². The second-order valence-electron chi connectivity index (χ2n) is 1.58. The van der Waals surface area contributed by atoms with Crippen LogP contribution in [-0.4, -0.2) is 28.8 Å². The zero-order chi connectivity index (χ0) is 7.11. The van der Waals surface area contributed by atoms with Gasteiger partial charge in [0.15, 0.2) is 9.68 Å². The average molecular weight is 149 g/mol. The first-order valence-electron chi connectivity index (χ1n) is 3.28. The summed E-state index contributed by atoms with van der Waals surface area (Å²) < 4.78 is 10.3. The van der Waals surface area contributed by atoms with Crippen molar-refractivity contribution in [1.29, 1.82) is 0 Å². The molecular weight excluding hydrogens is 134 g/mol. The van der Waals surface area contributed by atoms with Crippen molar-refractivity contribution < 1.29 is 9.47 Å². The second kappa shape index (κ2) is 6.22. The summed E-state index contributed by atoms with van der Waals surface area (Å²) in [4.78, 5) is 0. The lowest BCUT2D eigenvalue weighted by atomic mass is 10.9. The highest BCUT2D eigenvalue weighted by Crippen LogP contribution is 1.88. The molecule has 0 rings (SSSR count). The Kier molecular flexibility index (Phi) is 6.29. The number of hydrogen-bond donors (Lipinski definition) is 1. The third kappa shape index (κ3) is 4.59. The van der Waals surface area contributed by atoms with Gasteiger partial charge in [0.05, 0.1) is 0 Å². The highest BCUT2D eigenvalue weighted by atomic mass is 28.2. The molecule has 3 nitrogen and oxygen atoms in total. The predicted molar refractivity (Wildman–Crippen MR) is 39.8 cm³/mol. The van der Waals surface area contributed by atoms with Gasteiger partial charge in [-0.25, -0.2) is 0 Å². The highest BCUT2D eigenvalue weighted by Gasteiger charge is 2.02. The molecule has 0 unspecified atom stereocenters. The minimum atomic E-state index is -0.638. The van der Waals surface area contributed by atoms with Gasteiger partial charge in [0, 0.05) is 13.2 Å². The minimum Gasteiger partial charge on any atom is -0.356 e. The average Bonchev–Trinajstić information content (AvgIpc) is 1.88. The van der Waals surface area contributed by atoms with Crippen LogP contribution in [0.15, 0.2) is 0 Å². The van der Waals surface area contributed by atoms with Crippen molar-refractivity contribution in [2.45, 2.75) is 19.8 Å². The van der Waals surface area contributed by atoms with Crippen molar-refractivity contribution in [3.05, 3.63) is 0 Å². The number of rotatable bonds is 5. The maximum absolute atomic E-state index is 5.43. The summed E-state index contributed by atoms with van der Waals surface area (Å²) in [7, 11) is -0.638. The van der Waals surface area contributed by atoms with Crippen LogP contribution in [0.5, 0.6) is 0 Å². The van der Waals surface area contributed by atoms with E-state index in [9.17, 15) is 0 Å². The molecule has 0 aromatic heterocycles. The standard InChI is InChI=1S/C5H15NO2Si/c1-3-7-5(9-6)8-4-2/h5H,3-4,6,9H2,1-2H3. The fourth-order valence-electron chi connectivity index (χ4n) is 0.556. The van der Waals surface area contributed by atoms with Gasteiger partial charge < -0.3 is 14.9 Å². The Bertz CT molecular complexity index is 56.9. The topological polar surface area (TPSA) is 44.5 Å². The molecule has 0 aromatic carbocycles. The van der Waals surface area contributed by atoms with Crippen LogP contribution in [0.3, 0.4) is 0 Å². The molecule has 0 radical (unpaired) electrons. The maximum atomic E-state index is 5.43. The molecule has 2 N–H and O–H groups in total. The van der Waals surface area contributed by atoms with E-state index >= 15 is 0 Å². The quantitative estimate of drug-likeness (QED) is 0.419. The summed E-state index contributed by atoms with van der Waals surface area (Å²) >= 11 is 0. The molecule has 0 aliphatic rings. The molecular formula is C5H15NO2Si. The molecule has 0 aliphatic carbocycles. The Morgan fingerprint density at radius 3 is 2.00 bits per heavy atom. The molecule has 4 heteroatoms. The second-order valence-corrected chi connectivity index (χ2v) is 2.71. The first kappa shape index (κ1) is 9.10. The zero-order valence-corrected chi connectivity index (χ0v) is 7.51. The molecule has 0 spiro atoms. The molecule has 0 aromatic rings. The fraction of sp³-hybridized carbons (Fsp3) is 1.00. The van der Waals surface area contributed by atoms with E-state index in [2.05, 4.69) is 0 Å². The van der Waals surface area contributed by atoms with E-state index in [1.165, 1.54) is 0 Å². The van der Waals surface area contributed by atoms with Crippen LogP contribution in [0.25, 0.3) is 0 Å². The van der Waals surface area contributed by atoms with Gasteiger partial charge in [0.1, 0.15) is 5.91 Å². The monoisotopic (exact) mass is 149 g/mol. The largest absolute Gasteiger partial charge is 0.356 e. The van der Waals surface area contributed by atoms with Gasteiger partial charge in [0.2, 0.25) is 0 Å². The maximum Gasteiger partial charge on any atom is 0.156 e. The predicted octanol–water partition coefficient (Wildman–Crippen LogP) is -0.615. The van der Waals surface area contributed by atoms with E-state index in [1.807, 2.05) is 13.8 Å². The molecule has 0 amide bonds. The van der Waals surface area contributed by atoms with E-state index in [-0.39, 0.29) is 5.91 Å². The normalized spacial score (nSPS) is 12.0. The Morgan fingerprint density at radius 1 is 1.33 bits per heavy atom. The first-order chi connectivity index (χ1) is 4.35. The number of nitrogens with two attached hydrogens (primary N) is 1. The van der Waals surface area contributed by atoms with Gasteiger partial charge in [-0.05, 0) is 13.8 Å². The van der Waals surface area contributed by atoms with Gasteiger partial charge in [-0.2, -0.15) is 0 Å². The van der Waals surface area contributed by atoms with Crippen molar-refractivity contribution in [3.63, 3.8) is 0 Å². The van der Waals surface area contributed by atoms with Gasteiger partial charge in [-0.15, -0.1) is 0 Å². The van der Waals surface area contributed by atoms with Crippen LogP contribution in [0.2, 0.25) is 0 Å². The molecule has 0 saturated heterocycles. The zero-order valence-electron chi connectivity index (χ0n) is 6.09. The van der Waals surface area contributed by atoms with Crippen LogP contribution in [0.1, 0.15) is 13.8 Å². The van der Waals surface area contributed by atoms with E-state index < -0.39 is 9.68 Å². The van der Waals surface area contributed by atoms with Gasteiger partial charge >= 0.3 is 0 Å². The molecule has 0 atom stereocenters. The van der Waals surface area contributed by atoms with Crippen LogP contribution < -0.4 is 5.40 Å². The van der Waals surface area contributed by atoms with E-state index in [0.29, 0.717) is 13.2 Å². The smallest absolute Gasteiger partial charge is 0.156 e. The molecule has 0 fully saturated rings. The summed E-state index contributed by atoms with van der Waals surface area (Å²) in [6.07, 6.45) is 0. The molecule has 56 valence electrons. The number of ether oxygens (including phenoxy) is 2. The summed E-state index contributed by atoms with van der Waals surface area (Å²) in [5.74, 6) is -0.0694. The van der Waals surface area contributed by atoms with Gasteiger partial charge in [-0.1, -0.05) is 0 Å². The lowest BCUT2D eigenvalue weighted by molar-refractivity contribution is -0.0827. The molecule has 9 heavy (non-hydrogen) atoms. The molecule has 0 aliphatic heterocycles. The van der Waals surface area contributed by atoms with Crippen molar-refractivity contribution >= 4 is 9.68 Å². The Morgan fingerprint density at radius 2 is 1.78 bits per heavy atom. The van der Waals surface area contributed by atoms with Crippen molar-refractivity contribution in [2.75, 3.05) is 13.2 Å². The Labute approximate surface area is 58.4 Å². The summed E-state index contributed by atoms with van der Waals surface area (Å²) in [6.45, 7) is 5.26. The molecule has 0 heterocycles. The van der Waals surface area contributed by atoms with Crippen LogP contribution in [-0.2, 0) is 9.47 Å². The van der Waals surface area contributed by atoms with Crippen LogP contribution in [0.4, 0.5) is 0 Å². The summed E-state index contributed by atoms with van der Waals surface area (Å²) in [5.41, 5.74) is 0. The van der Waals surface area contributed by atoms with Crippen LogP contribution >= 0.6 is 0 Å². The fourth-order valence-corrected chi connectivity index (χ4v) is 1.30. The third-order valence-electron chi connectivity index (χ3n) is 0.898. The van der Waals surface area contributed by atoms with E-state index in [1.54, 1.807) is 0 Å². The molecule has 0 bridgehead atoms. The Hall–Kier alpha value is 0.0969. The summed E-state index contributed by atoms with van der Waals surface area (Å²) in [6, 6.07) is 0. The van der Waals surface area contributed by atoms with Crippen molar-refractivity contribution in [2.24, 2.45) is 5.40 Å². The van der Waals surface area contributed by atoms with Gasteiger partial charge in [-0.3, -0.25) is 0 Å². The van der Waals surface area contributed by atoms with Crippen molar-refractivity contribution in [3.8, 4) is 0 Å². The first-order valence-corrected chi connectivity index (χ1v) is 4.91. The third-order valence-corrected chi connectivity index (χ3v) is 1.75. The lowest BCUT2D eigenvalue weighted by Gasteiger charge is -2.13. The molecule has 0 saturated carbocycles. The van der Waals surface area contributed by atoms with E-state index in [0.717, 1.165) is 0 Å². The summed E-state index contributed by atoms with van der Waals surface area (Å²) in [5, 5.41) is 5.43.